The highest BCUT2D eigenvalue weighted by atomic mass is 79.9. The van der Waals surface area contributed by atoms with Gasteiger partial charge in [0.2, 0.25) is 0 Å². The minimum absolute atomic E-state index is 0.0306. The first-order valence-electron chi connectivity index (χ1n) is 6.97. The van der Waals surface area contributed by atoms with Gasteiger partial charge in [-0.2, -0.15) is 5.10 Å². The number of hydrogen-bond acceptors (Lipinski definition) is 3. The second-order valence-electron chi connectivity index (χ2n) is 4.97. The molecule has 1 N–H and O–H groups in total. The lowest BCUT2D eigenvalue weighted by molar-refractivity contribution is 0.0689. The Kier molecular flexibility index (Phi) is 5.01. The van der Waals surface area contributed by atoms with Gasteiger partial charge in [0, 0.05) is 20.4 Å². The van der Waals surface area contributed by atoms with Gasteiger partial charge in [0.15, 0.2) is 5.69 Å². The minimum Gasteiger partial charge on any atom is -0.476 e. The Morgan fingerprint density at radius 2 is 2.12 bits per heavy atom. The molecule has 124 valence electrons. The van der Waals surface area contributed by atoms with Crippen molar-refractivity contribution >= 4 is 56.4 Å². The van der Waals surface area contributed by atoms with Crippen molar-refractivity contribution in [3.63, 3.8) is 0 Å². The van der Waals surface area contributed by atoms with Crippen LogP contribution in [-0.2, 0) is 6.42 Å². The standard InChI is InChI=1S/C16H11BrCl2N2O2S/c1-2-10-14(16(22)23)20-21(12-4-3-9(18)6-11(12)19)15(10)13-5-8(17)7-24-13/h3-7H,2H2,1H3,(H,22,23). The topological polar surface area (TPSA) is 55.1 Å². The number of benzene rings is 1. The second-order valence-corrected chi connectivity index (χ2v) is 7.64. The fourth-order valence-corrected chi connectivity index (χ4v) is 4.45. The molecular formula is C16H11BrCl2N2O2S. The van der Waals surface area contributed by atoms with Crippen LogP contribution in [0.15, 0.2) is 34.1 Å². The summed E-state index contributed by atoms with van der Waals surface area (Å²) >= 11 is 17.2. The number of rotatable bonds is 4. The van der Waals surface area contributed by atoms with E-state index >= 15 is 0 Å². The van der Waals surface area contributed by atoms with Crippen molar-refractivity contribution in [2.45, 2.75) is 13.3 Å². The van der Waals surface area contributed by atoms with E-state index < -0.39 is 5.97 Å². The smallest absolute Gasteiger partial charge is 0.356 e. The monoisotopic (exact) mass is 444 g/mol. The molecule has 0 saturated carbocycles. The van der Waals surface area contributed by atoms with Crippen LogP contribution in [-0.4, -0.2) is 20.9 Å². The first kappa shape index (κ1) is 17.5. The first-order valence-corrected chi connectivity index (χ1v) is 9.40. The normalized spacial score (nSPS) is 11.0. The van der Waals surface area contributed by atoms with E-state index in [4.69, 9.17) is 23.2 Å². The van der Waals surface area contributed by atoms with E-state index in [1.807, 2.05) is 18.4 Å². The molecule has 0 saturated heterocycles. The van der Waals surface area contributed by atoms with Crippen LogP contribution >= 0.6 is 50.5 Å². The number of thiophene rings is 1. The molecule has 0 amide bonds. The number of carboxylic acid groups (broad SMARTS) is 1. The fraction of sp³-hybridized carbons (Fsp3) is 0.125. The Hall–Kier alpha value is -1.34. The maximum absolute atomic E-state index is 11.6. The summed E-state index contributed by atoms with van der Waals surface area (Å²) in [4.78, 5) is 12.5. The summed E-state index contributed by atoms with van der Waals surface area (Å²) in [6.07, 6.45) is 0.539. The highest BCUT2D eigenvalue weighted by Gasteiger charge is 2.25. The molecule has 2 aromatic heterocycles. The van der Waals surface area contributed by atoms with Crippen LogP contribution in [0.3, 0.4) is 0 Å². The lowest BCUT2D eigenvalue weighted by Gasteiger charge is -2.09. The van der Waals surface area contributed by atoms with Crippen LogP contribution in [0.2, 0.25) is 10.0 Å². The Morgan fingerprint density at radius 3 is 2.67 bits per heavy atom. The van der Waals surface area contributed by atoms with Gasteiger partial charge in [-0.25, -0.2) is 9.48 Å². The van der Waals surface area contributed by atoms with E-state index in [2.05, 4.69) is 21.0 Å². The van der Waals surface area contributed by atoms with Crippen LogP contribution in [0.25, 0.3) is 16.3 Å². The molecule has 0 bridgehead atoms. The molecule has 3 aromatic rings. The Morgan fingerprint density at radius 1 is 1.38 bits per heavy atom. The summed E-state index contributed by atoms with van der Waals surface area (Å²) in [5, 5.41) is 16.7. The molecule has 0 atom stereocenters. The van der Waals surface area contributed by atoms with Crippen molar-refractivity contribution in [1.82, 2.24) is 9.78 Å². The summed E-state index contributed by atoms with van der Waals surface area (Å²) in [6.45, 7) is 1.91. The summed E-state index contributed by atoms with van der Waals surface area (Å²) in [6, 6.07) is 6.98. The quantitative estimate of drug-likeness (QED) is 0.541. The molecule has 4 nitrogen and oxygen atoms in total. The predicted octanol–water partition coefficient (Wildman–Crippen LogP) is 5.93. The van der Waals surface area contributed by atoms with Gasteiger partial charge in [0.1, 0.15) is 0 Å². The number of aromatic nitrogens is 2. The van der Waals surface area contributed by atoms with Gasteiger partial charge in [-0.15, -0.1) is 11.3 Å². The third-order valence-electron chi connectivity index (χ3n) is 3.48. The van der Waals surface area contributed by atoms with Crippen LogP contribution in [0.5, 0.6) is 0 Å². The van der Waals surface area contributed by atoms with E-state index in [0.717, 1.165) is 15.0 Å². The maximum Gasteiger partial charge on any atom is 0.356 e. The molecular weight excluding hydrogens is 435 g/mol. The van der Waals surface area contributed by atoms with Gasteiger partial charge in [-0.3, -0.25) is 0 Å². The van der Waals surface area contributed by atoms with Gasteiger partial charge in [0.25, 0.3) is 0 Å². The van der Waals surface area contributed by atoms with Crippen molar-refractivity contribution in [3.05, 3.63) is 55.4 Å². The Bertz CT molecular complexity index is 936. The summed E-state index contributed by atoms with van der Waals surface area (Å²) in [5.74, 6) is -1.06. The van der Waals surface area contributed by atoms with Crippen LogP contribution in [0, 0.1) is 0 Å². The van der Waals surface area contributed by atoms with Crippen molar-refractivity contribution in [3.8, 4) is 16.3 Å². The molecule has 3 rings (SSSR count). The Labute approximate surface area is 160 Å². The third-order valence-corrected chi connectivity index (χ3v) is 5.71. The summed E-state index contributed by atoms with van der Waals surface area (Å²) in [7, 11) is 0. The minimum atomic E-state index is -1.06. The highest BCUT2D eigenvalue weighted by Crippen LogP contribution is 2.37. The number of hydrogen-bond donors (Lipinski definition) is 1. The molecule has 1 aromatic carbocycles. The van der Waals surface area contributed by atoms with Crippen molar-refractivity contribution in [2.75, 3.05) is 0 Å². The molecule has 24 heavy (non-hydrogen) atoms. The van der Waals surface area contributed by atoms with Crippen molar-refractivity contribution < 1.29 is 9.90 Å². The number of carbonyl (C=O) groups is 1. The molecule has 0 unspecified atom stereocenters. The summed E-state index contributed by atoms with van der Waals surface area (Å²) < 4.78 is 2.51. The second kappa shape index (κ2) is 6.88. The molecule has 0 spiro atoms. The van der Waals surface area contributed by atoms with Crippen molar-refractivity contribution in [2.24, 2.45) is 0 Å². The third kappa shape index (κ3) is 3.11. The van der Waals surface area contributed by atoms with E-state index in [9.17, 15) is 9.90 Å². The van der Waals surface area contributed by atoms with Gasteiger partial charge in [-0.1, -0.05) is 30.1 Å². The van der Waals surface area contributed by atoms with Gasteiger partial charge in [-0.05, 0) is 46.6 Å². The molecule has 0 aliphatic heterocycles. The zero-order valence-corrected chi connectivity index (χ0v) is 16.3. The maximum atomic E-state index is 11.6. The number of nitrogens with zero attached hydrogens (tertiary/aromatic N) is 2. The van der Waals surface area contributed by atoms with E-state index in [-0.39, 0.29) is 5.69 Å². The zero-order chi connectivity index (χ0) is 17.4. The molecule has 0 aliphatic rings. The van der Waals surface area contributed by atoms with Gasteiger partial charge in [0.05, 0.1) is 21.3 Å². The first-order chi connectivity index (χ1) is 11.4. The number of halogens is 3. The molecule has 0 aliphatic carbocycles. The zero-order valence-electron chi connectivity index (χ0n) is 12.4. The molecule has 8 heteroatoms. The lowest BCUT2D eigenvalue weighted by atomic mass is 10.1. The number of carboxylic acids is 1. The van der Waals surface area contributed by atoms with E-state index in [1.54, 1.807) is 22.9 Å². The number of aromatic carboxylic acids is 1. The SMILES string of the molecule is CCc1c(C(=O)O)nn(-c2ccc(Cl)cc2Cl)c1-c1cc(Br)cs1. The fourth-order valence-electron chi connectivity index (χ4n) is 2.47. The lowest BCUT2D eigenvalue weighted by Crippen LogP contribution is -2.03. The average Bonchev–Trinajstić information content (AvgIpc) is 3.10. The molecule has 0 radical (unpaired) electrons. The van der Waals surface area contributed by atoms with Gasteiger partial charge < -0.3 is 5.11 Å². The largest absolute Gasteiger partial charge is 0.476 e. The van der Waals surface area contributed by atoms with E-state index in [0.29, 0.717) is 27.7 Å². The summed E-state index contributed by atoms with van der Waals surface area (Å²) in [5.41, 5.74) is 2.02. The predicted molar refractivity (Wildman–Crippen MR) is 101 cm³/mol. The van der Waals surface area contributed by atoms with Crippen LogP contribution < -0.4 is 0 Å². The van der Waals surface area contributed by atoms with Crippen LogP contribution in [0.4, 0.5) is 0 Å². The van der Waals surface area contributed by atoms with Crippen molar-refractivity contribution in [1.29, 1.82) is 0 Å². The molecule has 0 fully saturated rings. The van der Waals surface area contributed by atoms with Crippen LogP contribution in [0.1, 0.15) is 23.0 Å². The Balaban J connectivity index is 2.34. The van der Waals surface area contributed by atoms with Gasteiger partial charge >= 0.3 is 5.97 Å². The highest BCUT2D eigenvalue weighted by molar-refractivity contribution is 9.10. The molecule has 2 heterocycles. The van der Waals surface area contributed by atoms with E-state index in [1.165, 1.54) is 11.3 Å². The average molecular weight is 446 g/mol.